The SMILES string of the molecule is COc1ccc(N(c2ccc(C)cc2)c2ccc(C)cc2)cc1OC. The summed E-state index contributed by atoms with van der Waals surface area (Å²) in [6.45, 7) is 4.19. The normalized spacial score (nSPS) is 10.4. The molecule has 0 amide bonds. The first-order chi connectivity index (χ1) is 12.1. The van der Waals surface area contributed by atoms with Gasteiger partial charge in [-0.1, -0.05) is 35.4 Å². The van der Waals surface area contributed by atoms with Crippen molar-refractivity contribution in [3.63, 3.8) is 0 Å². The molecular weight excluding hydrogens is 310 g/mol. The van der Waals surface area contributed by atoms with Gasteiger partial charge in [0.15, 0.2) is 11.5 Å². The summed E-state index contributed by atoms with van der Waals surface area (Å²) in [6, 6.07) is 23.0. The molecule has 0 aliphatic carbocycles. The standard InChI is InChI=1S/C22H23NO2/c1-16-5-9-18(10-6-16)23(19-11-7-17(2)8-12-19)20-13-14-21(24-3)22(15-20)25-4/h5-15H,1-4H3. The average Bonchev–Trinajstić information content (AvgIpc) is 2.65. The second-order valence-corrected chi connectivity index (χ2v) is 6.05. The summed E-state index contributed by atoms with van der Waals surface area (Å²) < 4.78 is 10.9. The minimum atomic E-state index is 0.712. The summed E-state index contributed by atoms with van der Waals surface area (Å²) in [6.07, 6.45) is 0. The molecule has 0 unspecified atom stereocenters. The molecule has 3 nitrogen and oxygen atoms in total. The second-order valence-electron chi connectivity index (χ2n) is 6.05. The number of methoxy groups -OCH3 is 2. The number of anilines is 3. The van der Waals surface area contributed by atoms with E-state index in [1.807, 2.05) is 18.2 Å². The molecule has 0 spiro atoms. The first-order valence-corrected chi connectivity index (χ1v) is 8.28. The number of hydrogen-bond acceptors (Lipinski definition) is 3. The molecule has 0 bridgehead atoms. The van der Waals surface area contributed by atoms with Crippen LogP contribution in [0.5, 0.6) is 11.5 Å². The molecule has 0 fully saturated rings. The summed E-state index contributed by atoms with van der Waals surface area (Å²) in [5.41, 5.74) is 5.69. The Kier molecular flexibility index (Phi) is 4.94. The van der Waals surface area contributed by atoms with E-state index in [2.05, 4.69) is 67.3 Å². The third-order valence-corrected chi connectivity index (χ3v) is 4.21. The molecule has 128 valence electrons. The highest BCUT2D eigenvalue weighted by Crippen LogP contribution is 2.39. The van der Waals surface area contributed by atoms with E-state index in [0.29, 0.717) is 5.75 Å². The summed E-state index contributed by atoms with van der Waals surface area (Å²) in [5.74, 6) is 1.43. The summed E-state index contributed by atoms with van der Waals surface area (Å²) in [4.78, 5) is 2.21. The van der Waals surface area contributed by atoms with E-state index in [1.165, 1.54) is 11.1 Å². The predicted octanol–water partition coefficient (Wildman–Crippen LogP) is 5.79. The zero-order chi connectivity index (χ0) is 17.8. The van der Waals surface area contributed by atoms with E-state index >= 15 is 0 Å². The van der Waals surface area contributed by atoms with Gasteiger partial charge < -0.3 is 14.4 Å². The molecule has 3 heteroatoms. The molecule has 3 aromatic rings. The Morgan fingerprint density at radius 1 is 0.560 bits per heavy atom. The third-order valence-electron chi connectivity index (χ3n) is 4.21. The quantitative estimate of drug-likeness (QED) is 0.590. The van der Waals surface area contributed by atoms with E-state index in [1.54, 1.807) is 14.2 Å². The highest BCUT2D eigenvalue weighted by atomic mass is 16.5. The van der Waals surface area contributed by atoms with Crippen molar-refractivity contribution in [2.45, 2.75) is 13.8 Å². The fraction of sp³-hybridized carbons (Fsp3) is 0.182. The van der Waals surface area contributed by atoms with Gasteiger partial charge in [0.25, 0.3) is 0 Å². The summed E-state index contributed by atoms with van der Waals surface area (Å²) >= 11 is 0. The lowest BCUT2D eigenvalue weighted by Crippen LogP contribution is -2.10. The number of rotatable bonds is 5. The monoisotopic (exact) mass is 333 g/mol. The van der Waals surface area contributed by atoms with E-state index in [-0.39, 0.29) is 0 Å². The summed E-state index contributed by atoms with van der Waals surface area (Å²) in [7, 11) is 3.30. The first kappa shape index (κ1) is 16.9. The van der Waals surface area contributed by atoms with Crippen molar-refractivity contribution in [1.82, 2.24) is 0 Å². The number of benzene rings is 3. The maximum absolute atomic E-state index is 5.49. The van der Waals surface area contributed by atoms with Crippen molar-refractivity contribution >= 4 is 17.1 Å². The van der Waals surface area contributed by atoms with E-state index in [4.69, 9.17) is 9.47 Å². The van der Waals surface area contributed by atoms with Crippen molar-refractivity contribution in [3.05, 3.63) is 77.9 Å². The Hall–Kier alpha value is -2.94. The molecule has 0 saturated heterocycles. The lowest BCUT2D eigenvalue weighted by atomic mass is 10.1. The van der Waals surface area contributed by atoms with Crippen LogP contribution in [-0.4, -0.2) is 14.2 Å². The maximum Gasteiger partial charge on any atom is 0.162 e. The molecule has 0 saturated carbocycles. The van der Waals surface area contributed by atoms with Gasteiger partial charge in [0.1, 0.15) is 0 Å². The van der Waals surface area contributed by atoms with Gasteiger partial charge in [-0.2, -0.15) is 0 Å². The Labute approximate surface area is 149 Å². The minimum Gasteiger partial charge on any atom is -0.493 e. The Morgan fingerprint density at radius 2 is 1.00 bits per heavy atom. The van der Waals surface area contributed by atoms with Gasteiger partial charge in [-0.15, -0.1) is 0 Å². The molecule has 0 heterocycles. The van der Waals surface area contributed by atoms with Gasteiger partial charge in [-0.05, 0) is 50.2 Å². The van der Waals surface area contributed by atoms with Gasteiger partial charge in [-0.3, -0.25) is 0 Å². The number of hydrogen-bond donors (Lipinski definition) is 0. The van der Waals surface area contributed by atoms with Crippen molar-refractivity contribution in [2.75, 3.05) is 19.1 Å². The van der Waals surface area contributed by atoms with Crippen molar-refractivity contribution in [1.29, 1.82) is 0 Å². The predicted molar refractivity (Wildman–Crippen MR) is 104 cm³/mol. The van der Waals surface area contributed by atoms with Crippen LogP contribution in [0.15, 0.2) is 66.7 Å². The molecule has 0 aliphatic heterocycles. The first-order valence-electron chi connectivity index (χ1n) is 8.28. The highest BCUT2D eigenvalue weighted by Gasteiger charge is 2.15. The Bertz CT molecular complexity index is 793. The third kappa shape index (κ3) is 3.61. The Morgan fingerprint density at radius 3 is 1.44 bits per heavy atom. The van der Waals surface area contributed by atoms with Crippen LogP contribution in [0.25, 0.3) is 0 Å². The van der Waals surface area contributed by atoms with Crippen LogP contribution < -0.4 is 14.4 Å². The molecule has 3 aromatic carbocycles. The van der Waals surface area contributed by atoms with Gasteiger partial charge in [-0.25, -0.2) is 0 Å². The fourth-order valence-corrected chi connectivity index (χ4v) is 2.80. The van der Waals surface area contributed by atoms with Crippen LogP contribution in [-0.2, 0) is 0 Å². The van der Waals surface area contributed by atoms with Crippen molar-refractivity contribution < 1.29 is 9.47 Å². The average molecular weight is 333 g/mol. The lowest BCUT2D eigenvalue weighted by Gasteiger charge is -2.26. The van der Waals surface area contributed by atoms with Crippen LogP contribution >= 0.6 is 0 Å². The molecular formula is C22H23NO2. The zero-order valence-electron chi connectivity index (χ0n) is 15.1. The van der Waals surface area contributed by atoms with E-state index < -0.39 is 0 Å². The lowest BCUT2D eigenvalue weighted by molar-refractivity contribution is 0.355. The van der Waals surface area contributed by atoms with E-state index in [0.717, 1.165) is 22.8 Å². The fourth-order valence-electron chi connectivity index (χ4n) is 2.80. The van der Waals surface area contributed by atoms with E-state index in [9.17, 15) is 0 Å². The molecule has 3 rings (SSSR count). The maximum atomic E-state index is 5.49. The molecule has 0 aromatic heterocycles. The molecule has 0 atom stereocenters. The number of aryl methyl sites for hydroxylation is 2. The largest absolute Gasteiger partial charge is 0.493 e. The second kappa shape index (κ2) is 7.31. The van der Waals surface area contributed by atoms with Crippen LogP contribution in [0, 0.1) is 13.8 Å². The number of nitrogens with zero attached hydrogens (tertiary/aromatic N) is 1. The van der Waals surface area contributed by atoms with Gasteiger partial charge in [0, 0.05) is 17.4 Å². The van der Waals surface area contributed by atoms with Gasteiger partial charge in [0.05, 0.1) is 19.9 Å². The minimum absolute atomic E-state index is 0.712. The van der Waals surface area contributed by atoms with Gasteiger partial charge >= 0.3 is 0 Å². The molecule has 0 N–H and O–H groups in total. The Balaban J connectivity index is 2.13. The van der Waals surface area contributed by atoms with Gasteiger partial charge in [0.2, 0.25) is 0 Å². The van der Waals surface area contributed by atoms with Crippen LogP contribution in [0.2, 0.25) is 0 Å². The van der Waals surface area contributed by atoms with Crippen LogP contribution in [0.4, 0.5) is 17.1 Å². The molecule has 0 aliphatic rings. The highest BCUT2D eigenvalue weighted by molar-refractivity contribution is 5.78. The number of ether oxygens (including phenoxy) is 2. The zero-order valence-corrected chi connectivity index (χ0v) is 15.1. The van der Waals surface area contributed by atoms with Crippen molar-refractivity contribution in [3.8, 4) is 11.5 Å². The summed E-state index contributed by atoms with van der Waals surface area (Å²) in [5, 5.41) is 0. The molecule has 25 heavy (non-hydrogen) atoms. The topological polar surface area (TPSA) is 21.7 Å². The van der Waals surface area contributed by atoms with Crippen LogP contribution in [0.1, 0.15) is 11.1 Å². The van der Waals surface area contributed by atoms with Crippen LogP contribution in [0.3, 0.4) is 0 Å². The molecule has 0 radical (unpaired) electrons. The smallest absolute Gasteiger partial charge is 0.162 e. The van der Waals surface area contributed by atoms with Crippen molar-refractivity contribution in [2.24, 2.45) is 0 Å².